The highest BCUT2D eigenvalue weighted by Gasteiger charge is 2.35. The van der Waals surface area contributed by atoms with Crippen LogP contribution in [0.3, 0.4) is 0 Å². The first-order valence-corrected chi connectivity index (χ1v) is 12.0. The molecule has 160 valence electrons. The van der Waals surface area contributed by atoms with E-state index in [9.17, 15) is 0 Å². The minimum atomic E-state index is -0.0515. The highest BCUT2D eigenvalue weighted by molar-refractivity contribution is 9.10. The van der Waals surface area contributed by atoms with Crippen molar-refractivity contribution >= 4 is 43.9 Å². The van der Waals surface area contributed by atoms with Crippen LogP contribution in [0.1, 0.15) is 25.0 Å². The van der Waals surface area contributed by atoms with Crippen molar-refractivity contribution in [3.63, 3.8) is 0 Å². The molecule has 6 rings (SSSR count). The summed E-state index contributed by atoms with van der Waals surface area (Å²) in [7, 11) is 0. The van der Waals surface area contributed by atoms with E-state index < -0.39 is 0 Å². The Morgan fingerprint density at radius 1 is 0.667 bits per heavy atom. The lowest BCUT2D eigenvalue weighted by Gasteiger charge is -2.27. The molecule has 0 atom stereocenters. The number of pyridine rings is 1. The van der Waals surface area contributed by atoms with Crippen molar-refractivity contribution in [3.05, 3.63) is 119 Å². The molecule has 0 aliphatic heterocycles. The Kier molecular flexibility index (Phi) is 4.63. The SMILES string of the molecule is CC1(C)c2ccccc2-c2ccc(N(c3ccc4ccccc4c3)c3ccc(Br)cn3)cc21. The van der Waals surface area contributed by atoms with Gasteiger partial charge in [0.15, 0.2) is 0 Å². The molecule has 0 saturated heterocycles. The normalized spacial score (nSPS) is 13.5. The Bertz CT molecular complexity index is 1500. The van der Waals surface area contributed by atoms with Gasteiger partial charge >= 0.3 is 0 Å². The summed E-state index contributed by atoms with van der Waals surface area (Å²) in [5.41, 5.74) is 7.55. The van der Waals surface area contributed by atoms with Crippen molar-refractivity contribution in [2.75, 3.05) is 4.90 Å². The number of rotatable bonds is 3. The number of anilines is 3. The van der Waals surface area contributed by atoms with Crippen molar-refractivity contribution in [2.45, 2.75) is 19.3 Å². The van der Waals surface area contributed by atoms with Gasteiger partial charge in [0.25, 0.3) is 0 Å². The lowest BCUT2D eigenvalue weighted by molar-refractivity contribution is 0.660. The summed E-state index contributed by atoms with van der Waals surface area (Å²) in [6, 6.07) is 34.8. The van der Waals surface area contributed by atoms with Crippen molar-refractivity contribution in [1.29, 1.82) is 0 Å². The smallest absolute Gasteiger partial charge is 0.137 e. The molecule has 3 heteroatoms. The fourth-order valence-electron chi connectivity index (χ4n) is 5.06. The monoisotopic (exact) mass is 490 g/mol. The van der Waals surface area contributed by atoms with Crippen LogP contribution in [-0.4, -0.2) is 4.98 Å². The Morgan fingerprint density at radius 2 is 1.36 bits per heavy atom. The molecule has 0 fully saturated rings. The number of halogens is 1. The van der Waals surface area contributed by atoms with Crippen LogP contribution < -0.4 is 4.90 Å². The van der Waals surface area contributed by atoms with E-state index in [2.05, 4.69) is 126 Å². The summed E-state index contributed by atoms with van der Waals surface area (Å²) in [5, 5.41) is 2.45. The predicted octanol–water partition coefficient (Wildman–Crippen LogP) is 8.77. The van der Waals surface area contributed by atoms with Crippen molar-refractivity contribution < 1.29 is 0 Å². The van der Waals surface area contributed by atoms with E-state index in [4.69, 9.17) is 4.98 Å². The van der Waals surface area contributed by atoms with Crippen molar-refractivity contribution in [2.24, 2.45) is 0 Å². The molecule has 2 nitrogen and oxygen atoms in total. The first kappa shape index (κ1) is 20.2. The standard InChI is InChI=1S/C30H23BrN2/c1-30(2)27-10-6-5-9-25(27)26-15-14-24(18-28(26)30)33(29-16-12-22(31)19-32-29)23-13-11-20-7-3-4-8-21(20)17-23/h3-19H,1-2H3. The summed E-state index contributed by atoms with van der Waals surface area (Å²) >= 11 is 3.53. The minimum Gasteiger partial charge on any atom is -0.295 e. The molecular weight excluding hydrogens is 468 g/mol. The highest BCUT2D eigenvalue weighted by atomic mass is 79.9. The Morgan fingerprint density at radius 3 is 2.18 bits per heavy atom. The van der Waals surface area contributed by atoms with Crippen LogP contribution in [0.5, 0.6) is 0 Å². The van der Waals surface area contributed by atoms with Gasteiger partial charge in [-0.05, 0) is 85.4 Å². The maximum absolute atomic E-state index is 4.76. The number of nitrogens with zero attached hydrogens (tertiary/aromatic N) is 2. The fourth-order valence-corrected chi connectivity index (χ4v) is 5.30. The lowest BCUT2D eigenvalue weighted by atomic mass is 9.82. The molecule has 1 aliphatic carbocycles. The number of hydrogen-bond acceptors (Lipinski definition) is 2. The van der Waals surface area contributed by atoms with Gasteiger partial charge < -0.3 is 0 Å². The van der Waals surface area contributed by atoms with Gasteiger partial charge in [0.05, 0.1) is 0 Å². The molecule has 0 amide bonds. The van der Waals surface area contributed by atoms with Gasteiger partial charge in [-0.1, -0.05) is 74.5 Å². The van der Waals surface area contributed by atoms with Gasteiger partial charge in [-0.3, -0.25) is 4.90 Å². The number of benzene rings is 4. The Labute approximate surface area is 202 Å². The third-order valence-electron chi connectivity index (χ3n) is 6.76. The predicted molar refractivity (Wildman–Crippen MR) is 142 cm³/mol. The molecule has 0 saturated carbocycles. The van der Waals surface area contributed by atoms with E-state index in [-0.39, 0.29) is 5.41 Å². The van der Waals surface area contributed by atoms with E-state index in [1.54, 1.807) is 0 Å². The third kappa shape index (κ3) is 3.27. The lowest BCUT2D eigenvalue weighted by Crippen LogP contribution is -2.17. The first-order valence-electron chi connectivity index (χ1n) is 11.2. The molecular formula is C30H23BrN2. The van der Waals surface area contributed by atoms with Crippen molar-refractivity contribution in [1.82, 2.24) is 4.98 Å². The van der Waals surface area contributed by atoms with Gasteiger partial charge in [-0.25, -0.2) is 4.98 Å². The van der Waals surface area contributed by atoms with Gasteiger partial charge in [0.1, 0.15) is 5.82 Å². The van der Waals surface area contributed by atoms with E-state index in [1.807, 2.05) is 12.3 Å². The zero-order valence-corrected chi connectivity index (χ0v) is 20.2. The molecule has 0 bridgehead atoms. The molecule has 0 unspecified atom stereocenters. The molecule has 4 aromatic carbocycles. The van der Waals surface area contributed by atoms with Crippen LogP contribution in [-0.2, 0) is 5.41 Å². The summed E-state index contributed by atoms with van der Waals surface area (Å²) < 4.78 is 0.968. The Balaban J connectivity index is 1.55. The topological polar surface area (TPSA) is 16.1 Å². The molecule has 0 N–H and O–H groups in total. The number of fused-ring (bicyclic) bond motifs is 4. The van der Waals surface area contributed by atoms with E-state index in [0.717, 1.165) is 21.7 Å². The number of hydrogen-bond donors (Lipinski definition) is 0. The zero-order valence-electron chi connectivity index (χ0n) is 18.6. The van der Waals surface area contributed by atoms with E-state index >= 15 is 0 Å². The van der Waals surface area contributed by atoms with Crippen LogP contribution in [0.25, 0.3) is 21.9 Å². The third-order valence-corrected chi connectivity index (χ3v) is 7.23. The van der Waals surface area contributed by atoms with E-state index in [1.165, 1.54) is 33.0 Å². The molecule has 0 spiro atoms. The summed E-state index contributed by atoms with van der Waals surface area (Å²) in [6.45, 7) is 4.64. The number of aromatic nitrogens is 1. The molecule has 0 radical (unpaired) electrons. The molecule has 5 aromatic rings. The second kappa shape index (κ2) is 7.57. The fraction of sp³-hybridized carbons (Fsp3) is 0.100. The molecule has 1 aliphatic rings. The quantitative estimate of drug-likeness (QED) is 0.251. The molecule has 1 aromatic heterocycles. The second-order valence-corrected chi connectivity index (χ2v) is 10.0. The van der Waals surface area contributed by atoms with Crippen LogP contribution in [0.2, 0.25) is 0 Å². The van der Waals surface area contributed by atoms with Crippen LogP contribution in [0, 0.1) is 0 Å². The van der Waals surface area contributed by atoms with Gasteiger partial charge in [0, 0.05) is 27.5 Å². The Hall–Kier alpha value is -3.43. The molecule has 1 heterocycles. The summed E-state index contributed by atoms with van der Waals surface area (Å²) in [4.78, 5) is 7.01. The minimum absolute atomic E-state index is 0.0515. The largest absolute Gasteiger partial charge is 0.295 e. The van der Waals surface area contributed by atoms with Gasteiger partial charge in [0.2, 0.25) is 0 Å². The van der Waals surface area contributed by atoms with Gasteiger partial charge in [-0.15, -0.1) is 0 Å². The summed E-state index contributed by atoms with van der Waals surface area (Å²) in [6.07, 6.45) is 1.86. The average molecular weight is 491 g/mol. The van der Waals surface area contributed by atoms with Crippen LogP contribution >= 0.6 is 15.9 Å². The molecule has 33 heavy (non-hydrogen) atoms. The maximum atomic E-state index is 4.76. The summed E-state index contributed by atoms with van der Waals surface area (Å²) in [5.74, 6) is 0.891. The first-order chi connectivity index (χ1) is 16.0. The maximum Gasteiger partial charge on any atom is 0.137 e. The van der Waals surface area contributed by atoms with Gasteiger partial charge in [-0.2, -0.15) is 0 Å². The highest BCUT2D eigenvalue weighted by Crippen LogP contribution is 2.50. The van der Waals surface area contributed by atoms with Crippen LogP contribution in [0.4, 0.5) is 17.2 Å². The zero-order chi connectivity index (χ0) is 22.6. The van der Waals surface area contributed by atoms with Crippen molar-refractivity contribution in [3.8, 4) is 11.1 Å². The van der Waals surface area contributed by atoms with Crippen LogP contribution in [0.15, 0.2) is 108 Å². The second-order valence-electron chi connectivity index (χ2n) is 9.10. The van der Waals surface area contributed by atoms with E-state index in [0.29, 0.717) is 0 Å². The average Bonchev–Trinajstić information content (AvgIpc) is 3.07.